The van der Waals surface area contributed by atoms with E-state index < -0.39 is 12.0 Å². The number of thioether (sulfide) groups is 1. The van der Waals surface area contributed by atoms with Gasteiger partial charge in [-0.2, -0.15) is 0 Å². The number of hydrogen-bond acceptors (Lipinski definition) is 5. The molecule has 1 unspecified atom stereocenters. The van der Waals surface area contributed by atoms with Gasteiger partial charge >= 0.3 is 5.97 Å². The van der Waals surface area contributed by atoms with Crippen molar-refractivity contribution in [2.45, 2.75) is 44.0 Å². The number of carbonyl (C=O) groups is 2. The normalized spacial score (nSPS) is 27.7. The zero-order chi connectivity index (χ0) is 18.0. The highest BCUT2D eigenvalue weighted by Gasteiger charge is 2.53. The van der Waals surface area contributed by atoms with Crippen molar-refractivity contribution in [3.8, 4) is 0 Å². The Hall–Kier alpha value is -1.54. The third-order valence-corrected chi connectivity index (χ3v) is 6.60. The van der Waals surface area contributed by atoms with Gasteiger partial charge in [-0.25, -0.2) is 4.79 Å². The first-order valence-corrected chi connectivity index (χ1v) is 9.93. The molecular weight excluding hydrogens is 340 g/mol. The monoisotopic (exact) mass is 366 g/mol. The first-order valence-electron chi connectivity index (χ1n) is 8.88. The molecule has 0 saturated carbocycles. The standard InChI is InChI=1S/C17H26N4O3S/c1-11-9-25-16-13(15(22)21(16)14(11)17(23)24)19-10-20-7-4-12(5-8-20)3-2-6-18/h10,12-13,16H,2-9,18H2,1H3,(H,23,24)/b19-10+/t13?,16-/m1/s1. The Kier molecular flexibility index (Phi) is 5.68. The summed E-state index contributed by atoms with van der Waals surface area (Å²) in [5.41, 5.74) is 6.45. The van der Waals surface area contributed by atoms with Crippen LogP contribution in [0.25, 0.3) is 0 Å². The van der Waals surface area contributed by atoms with Crippen LogP contribution in [0.5, 0.6) is 0 Å². The summed E-state index contributed by atoms with van der Waals surface area (Å²) in [7, 11) is 0. The summed E-state index contributed by atoms with van der Waals surface area (Å²) in [6, 6.07) is -0.456. The van der Waals surface area contributed by atoms with Crippen LogP contribution >= 0.6 is 11.8 Å². The van der Waals surface area contributed by atoms with Crippen molar-refractivity contribution in [3.63, 3.8) is 0 Å². The summed E-state index contributed by atoms with van der Waals surface area (Å²) in [4.78, 5) is 31.8. The summed E-state index contributed by atoms with van der Waals surface area (Å²) in [6.45, 7) is 4.44. The van der Waals surface area contributed by atoms with Gasteiger partial charge in [0, 0.05) is 18.8 Å². The average Bonchev–Trinajstić information content (AvgIpc) is 2.61. The van der Waals surface area contributed by atoms with E-state index in [1.165, 1.54) is 11.3 Å². The number of rotatable bonds is 6. The number of carboxylic acids is 1. The van der Waals surface area contributed by atoms with Crippen LogP contribution in [-0.2, 0) is 9.59 Å². The number of hydrogen-bond donors (Lipinski definition) is 2. The highest BCUT2D eigenvalue weighted by Crippen LogP contribution is 2.41. The summed E-state index contributed by atoms with van der Waals surface area (Å²) >= 11 is 1.59. The number of piperidine rings is 1. The first kappa shape index (κ1) is 18.3. The van der Waals surface area contributed by atoms with Crippen LogP contribution in [0.3, 0.4) is 0 Å². The first-order chi connectivity index (χ1) is 12.0. The second-order valence-corrected chi connectivity index (χ2v) is 8.07. The number of carbonyl (C=O) groups excluding carboxylic acids is 1. The fourth-order valence-electron chi connectivity index (χ4n) is 3.69. The molecule has 2 fully saturated rings. The zero-order valence-corrected chi connectivity index (χ0v) is 15.4. The summed E-state index contributed by atoms with van der Waals surface area (Å²) in [5, 5.41) is 9.16. The molecule has 138 valence electrons. The molecule has 0 aromatic heterocycles. The SMILES string of the molecule is CC1=C(C(=O)O)N2C(=O)C(/N=C/N3CCC(CCCN)CC3)[C@H]2SC1. The lowest BCUT2D eigenvalue weighted by atomic mass is 9.92. The molecule has 0 spiro atoms. The molecule has 0 aliphatic carbocycles. The van der Waals surface area contributed by atoms with Crippen molar-refractivity contribution in [2.24, 2.45) is 16.6 Å². The van der Waals surface area contributed by atoms with Crippen LogP contribution in [0.1, 0.15) is 32.6 Å². The predicted molar refractivity (Wildman–Crippen MR) is 98.3 cm³/mol. The Morgan fingerprint density at radius 1 is 1.44 bits per heavy atom. The van der Waals surface area contributed by atoms with Gasteiger partial charge in [-0.1, -0.05) is 0 Å². The molecular formula is C17H26N4O3S. The molecule has 0 aromatic rings. The van der Waals surface area contributed by atoms with Crippen LogP contribution in [0.4, 0.5) is 0 Å². The molecule has 8 heteroatoms. The number of carboxylic acid groups (broad SMARTS) is 1. The molecule has 3 N–H and O–H groups in total. The van der Waals surface area contributed by atoms with Crippen molar-refractivity contribution in [2.75, 3.05) is 25.4 Å². The van der Waals surface area contributed by atoms with Crippen molar-refractivity contribution in [1.29, 1.82) is 0 Å². The summed E-state index contributed by atoms with van der Waals surface area (Å²) < 4.78 is 0. The Morgan fingerprint density at radius 3 is 2.80 bits per heavy atom. The number of nitrogens with two attached hydrogens (primary N) is 1. The largest absolute Gasteiger partial charge is 0.477 e. The third kappa shape index (κ3) is 3.69. The average molecular weight is 366 g/mol. The van der Waals surface area contributed by atoms with Crippen LogP contribution in [0.15, 0.2) is 16.3 Å². The Morgan fingerprint density at radius 2 is 2.16 bits per heavy atom. The second kappa shape index (κ2) is 7.78. The van der Waals surface area contributed by atoms with Gasteiger partial charge < -0.3 is 15.7 Å². The van der Waals surface area contributed by atoms with Crippen LogP contribution < -0.4 is 5.73 Å². The minimum atomic E-state index is -1.03. The van der Waals surface area contributed by atoms with Gasteiger partial charge in [-0.05, 0) is 50.6 Å². The highest BCUT2D eigenvalue weighted by molar-refractivity contribution is 8.00. The number of aliphatic carboxylic acids is 1. The van der Waals surface area contributed by atoms with Crippen LogP contribution in [-0.4, -0.2) is 69.9 Å². The maximum absolute atomic E-state index is 12.4. The van der Waals surface area contributed by atoms with E-state index in [4.69, 9.17) is 5.73 Å². The molecule has 2 atom stereocenters. The molecule has 7 nitrogen and oxygen atoms in total. The predicted octanol–water partition coefficient (Wildman–Crippen LogP) is 1.11. The van der Waals surface area contributed by atoms with Gasteiger partial charge in [0.25, 0.3) is 5.91 Å². The molecule has 3 aliphatic heterocycles. The molecule has 0 bridgehead atoms. The van der Waals surface area contributed by atoms with Gasteiger partial charge in [-0.3, -0.25) is 14.7 Å². The lowest BCUT2D eigenvalue weighted by molar-refractivity contribution is -0.147. The molecule has 0 aromatic carbocycles. The molecule has 0 radical (unpaired) electrons. The van der Waals surface area contributed by atoms with Crippen molar-refractivity contribution < 1.29 is 14.7 Å². The fourth-order valence-corrected chi connectivity index (χ4v) is 4.97. The highest BCUT2D eigenvalue weighted by atomic mass is 32.2. The molecule has 3 aliphatic rings. The minimum absolute atomic E-state index is 0.140. The maximum atomic E-state index is 12.4. The summed E-state index contributed by atoms with van der Waals surface area (Å²) in [5.74, 6) is 0.143. The smallest absolute Gasteiger partial charge is 0.352 e. The number of aliphatic imine (C=N–C) groups is 1. The van der Waals surface area contributed by atoms with E-state index in [9.17, 15) is 14.7 Å². The van der Waals surface area contributed by atoms with E-state index in [1.54, 1.807) is 25.0 Å². The van der Waals surface area contributed by atoms with Crippen molar-refractivity contribution >= 4 is 30.0 Å². The fraction of sp³-hybridized carbons (Fsp3) is 0.706. The topological polar surface area (TPSA) is 99.2 Å². The van der Waals surface area contributed by atoms with E-state index in [-0.39, 0.29) is 17.0 Å². The van der Waals surface area contributed by atoms with Gasteiger partial charge in [0.15, 0.2) is 6.04 Å². The number of fused-ring (bicyclic) bond motifs is 1. The van der Waals surface area contributed by atoms with Gasteiger partial charge in [0.1, 0.15) is 11.1 Å². The number of amides is 1. The van der Waals surface area contributed by atoms with E-state index in [0.717, 1.165) is 50.4 Å². The maximum Gasteiger partial charge on any atom is 0.352 e. The number of nitrogens with zero attached hydrogens (tertiary/aromatic N) is 3. The van der Waals surface area contributed by atoms with Gasteiger partial charge in [0.2, 0.25) is 0 Å². The minimum Gasteiger partial charge on any atom is -0.477 e. The Bertz CT molecular complexity index is 599. The van der Waals surface area contributed by atoms with E-state index in [0.29, 0.717) is 5.75 Å². The Labute approximate surface area is 152 Å². The van der Waals surface area contributed by atoms with Crippen molar-refractivity contribution in [3.05, 3.63) is 11.3 Å². The molecule has 1 amide bonds. The van der Waals surface area contributed by atoms with Crippen LogP contribution in [0.2, 0.25) is 0 Å². The molecule has 25 heavy (non-hydrogen) atoms. The number of likely N-dealkylation sites (tertiary alicyclic amines) is 1. The van der Waals surface area contributed by atoms with Crippen molar-refractivity contribution in [1.82, 2.24) is 9.80 Å². The van der Waals surface area contributed by atoms with Gasteiger partial charge in [-0.15, -0.1) is 11.8 Å². The quantitative estimate of drug-likeness (QED) is 0.415. The van der Waals surface area contributed by atoms with E-state index >= 15 is 0 Å². The second-order valence-electron chi connectivity index (χ2n) is 6.96. The molecule has 3 rings (SSSR count). The van der Waals surface area contributed by atoms with Gasteiger partial charge in [0.05, 0.1) is 6.34 Å². The Balaban J connectivity index is 1.55. The lowest BCUT2D eigenvalue weighted by Crippen LogP contribution is -2.64. The number of β-lactam (4-membered cyclic amide) rings is 1. The van der Waals surface area contributed by atoms with E-state index in [2.05, 4.69) is 9.89 Å². The zero-order valence-electron chi connectivity index (χ0n) is 14.6. The molecule has 2 saturated heterocycles. The lowest BCUT2D eigenvalue weighted by Gasteiger charge is -2.47. The molecule has 3 heterocycles. The third-order valence-electron chi connectivity index (χ3n) is 5.19. The van der Waals surface area contributed by atoms with Crippen LogP contribution in [0, 0.1) is 5.92 Å². The van der Waals surface area contributed by atoms with E-state index in [1.807, 2.05) is 0 Å². The summed E-state index contributed by atoms with van der Waals surface area (Å²) in [6.07, 6.45) is 6.36.